The SMILES string of the molecule is CCCCNC(=O)c1ccc(=O)[nH]c1. The van der Waals surface area contributed by atoms with Crippen LogP contribution in [-0.2, 0) is 0 Å². The molecule has 0 aromatic carbocycles. The van der Waals surface area contributed by atoms with Gasteiger partial charge in [0.15, 0.2) is 0 Å². The van der Waals surface area contributed by atoms with Crippen LogP contribution in [0.2, 0.25) is 0 Å². The minimum atomic E-state index is -0.199. The molecule has 0 unspecified atom stereocenters. The molecule has 0 radical (unpaired) electrons. The summed E-state index contributed by atoms with van der Waals surface area (Å²) in [5.74, 6) is -0.144. The quantitative estimate of drug-likeness (QED) is 0.700. The highest BCUT2D eigenvalue weighted by atomic mass is 16.1. The van der Waals surface area contributed by atoms with Crippen molar-refractivity contribution in [1.29, 1.82) is 0 Å². The molecule has 0 saturated carbocycles. The molecule has 76 valence electrons. The molecular weight excluding hydrogens is 180 g/mol. The number of unbranched alkanes of at least 4 members (excludes halogenated alkanes) is 1. The highest BCUT2D eigenvalue weighted by Crippen LogP contribution is 1.93. The van der Waals surface area contributed by atoms with E-state index in [1.807, 2.05) is 0 Å². The predicted octanol–water partition coefficient (Wildman–Crippen LogP) is 0.905. The van der Waals surface area contributed by atoms with Crippen LogP contribution in [0.25, 0.3) is 0 Å². The first kappa shape index (κ1) is 10.5. The summed E-state index contributed by atoms with van der Waals surface area (Å²) < 4.78 is 0. The van der Waals surface area contributed by atoms with E-state index in [1.54, 1.807) is 0 Å². The van der Waals surface area contributed by atoms with Crippen molar-refractivity contribution in [3.8, 4) is 0 Å². The van der Waals surface area contributed by atoms with Gasteiger partial charge in [-0.05, 0) is 12.5 Å². The van der Waals surface area contributed by atoms with Crippen LogP contribution in [0.1, 0.15) is 30.1 Å². The molecule has 0 saturated heterocycles. The maximum atomic E-state index is 11.4. The van der Waals surface area contributed by atoms with E-state index in [-0.39, 0.29) is 11.5 Å². The molecule has 2 N–H and O–H groups in total. The molecule has 0 aliphatic heterocycles. The van der Waals surface area contributed by atoms with Gasteiger partial charge in [0.05, 0.1) is 5.56 Å². The lowest BCUT2D eigenvalue weighted by Crippen LogP contribution is -2.25. The van der Waals surface area contributed by atoms with Gasteiger partial charge in [-0.3, -0.25) is 9.59 Å². The van der Waals surface area contributed by atoms with E-state index in [4.69, 9.17) is 0 Å². The fourth-order valence-electron chi connectivity index (χ4n) is 1.03. The minimum Gasteiger partial charge on any atom is -0.352 e. The number of aromatic amines is 1. The first-order chi connectivity index (χ1) is 6.74. The predicted molar refractivity (Wildman–Crippen MR) is 54.3 cm³/mol. The normalized spacial score (nSPS) is 9.79. The van der Waals surface area contributed by atoms with Crippen molar-refractivity contribution in [1.82, 2.24) is 10.3 Å². The van der Waals surface area contributed by atoms with Crippen LogP contribution in [0, 0.1) is 0 Å². The molecule has 1 aromatic heterocycles. The fraction of sp³-hybridized carbons (Fsp3) is 0.400. The van der Waals surface area contributed by atoms with E-state index >= 15 is 0 Å². The lowest BCUT2D eigenvalue weighted by Gasteiger charge is -2.02. The Balaban J connectivity index is 2.52. The zero-order chi connectivity index (χ0) is 10.4. The Hall–Kier alpha value is -1.58. The Morgan fingerprint density at radius 3 is 2.86 bits per heavy atom. The first-order valence-electron chi connectivity index (χ1n) is 4.71. The second-order valence-electron chi connectivity index (χ2n) is 3.05. The smallest absolute Gasteiger partial charge is 0.252 e. The fourth-order valence-corrected chi connectivity index (χ4v) is 1.03. The third-order valence-corrected chi connectivity index (χ3v) is 1.86. The Morgan fingerprint density at radius 1 is 1.50 bits per heavy atom. The van der Waals surface area contributed by atoms with Gasteiger partial charge in [0, 0.05) is 18.8 Å². The molecule has 0 fully saturated rings. The highest BCUT2D eigenvalue weighted by Gasteiger charge is 2.02. The number of hydrogen-bond donors (Lipinski definition) is 2. The zero-order valence-corrected chi connectivity index (χ0v) is 8.17. The molecule has 0 aliphatic rings. The van der Waals surface area contributed by atoms with Gasteiger partial charge in [0.25, 0.3) is 5.91 Å². The van der Waals surface area contributed by atoms with Crippen LogP contribution in [-0.4, -0.2) is 17.4 Å². The number of hydrogen-bond acceptors (Lipinski definition) is 2. The van der Waals surface area contributed by atoms with Crippen LogP contribution in [0.15, 0.2) is 23.1 Å². The third kappa shape index (κ3) is 3.05. The van der Waals surface area contributed by atoms with Gasteiger partial charge in [-0.2, -0.15) is 0 Å². The van der Waals surface area contributed by atoms with Crippen molar-refractivity contribution in [3.05, 3.63) is 34.2 Å². The van der Waals surface area contributed by atoms with E-state index in [0.717, 1.165) is 12.8 Å². The summed E-state index contributed by atoms with van der Waals surface area (Å²) in [6.45, 7) is 2.74. The van der Waals surface area contributed by atoms with E-state index < -0.39 is 0 Å². The number of pyridine rings is 1. The molecule has 0 aliphatic carbocycles. The average molecular weight is 194 g/mol. The number of nitrogens with one attached hydrogen (secondary N) is 2. The van der Waals surface area contributed by atoms with E-state index in [2.05, 4.69) is 17.2 Å². The van der Waals surface area contributed by atoms with E-state index in [9.17, 15) is 9.59 Å². The summed E-state index contributed by atoms with van der Waals surface area (Å²) in [5, 5.41) is 2.76. The summed E-state index contributed by atoms with van der Waals surface area (Å²) in [6.07, 6.45) is 3.44. The third-order valence-electron chi connectivity index (χ3n) is 1.86. The van der Waals surface area contributed by atoms with Gasteiger partial charge < -0.3 is 10.3 Å². The van der Waals surface area contributed by atoms with E-state index in [1.165, 1.54) is 18.3 Å². The van der Waals surface area contributed by atoms with Gasteiger partial charge in [-0.15, -0.1) is 0 Å². The van der Waals surface area contributed by atoms with Gasteiger partial charge in [0.2, 0.25) is 5.56 Å². The molecule has 1 amide bonds. The summed E-state index contributed by atoms with van der Waals surface area (Å²) in [5.41, 5.74) is 0.288. The van der Waals surface area contributed by atoms with Crippen LogP contribution in [0.5, 0.6) is 0 Å². The van der Waals surface area contributed by atoms with Gasteiger partial charge in [-0.25, -0.2) is 0 Å². The second-order valence-corrected chi connectivity index (χ2v) is 3.05. The van der Waals surface area contributed by atoms with Gasteiger partial charge >= 0.3 is 0 Å². The summed E-state index contributed by atoms with van der Waals surface area (Å²) in [6, 6.07) is 2.86. The zero-order valence-electron chi connectivity index (χ0n) is 8.17. The van der Waals surface area contributed by atoms with Crippen molar-refractivity contribution < 1.29 is 4.79 Å². The maximum absolute atomic E-state index is 11.4. The monoisotopic (exact) mass is 194 g/mol. The molecule has 1 aromatic rings. The molecule has 1 rings (SSSR count). The molecule has 4 nitrogen and oxygen atoms in total. The molecular formula is C10H14N2O2. The van der Waals surface area contributed by atoms with Crippen LogP contribution >= 0.6 is 0 Å². The Labute approximate surface area is 82.3 Å². The average Bonchev–Trinajstić information content (AvgIpc) is 2.19. The minimum absolute atomic E-state index is 0.144. The number of carbonyl (C=O) groups is 1. The van der Waals surface area contributed by atoms with E-state index in [0.29, 0.717) is 12.1 Å². The lowest BCUT2D eigenvalue weighted by molar-refractivity contribution is 0.0953. The number of carbonyl (C=O) groups excluding carboxylic acids is 1. The molecule has 0 atom stereocenters. The lowest BCUT2D eigenvalue weighted by atomic mass is 10.2. The molecule has 4 heteroatoms. The number of rotatable bonds is 4. The second kappa shape index (κ2) is 5.21. The van der Waals surface area contributed by atoms with Crippen molar-refractivity contribution in [2.45, 2.75) is 19.8 Å². The number of amides is 1. The number of H-pyrrole nitrogens is 1. The topological polar surface area (TPSA) is 62.0 Å². The van der Waals surface area contributed by atoms with Gasteiger partial charge in [0.1, 0.15) is 0 Å². The van der Waals surface area contributed by atoms with Crippen molar-refractivity contribution in [3.63, 3.8) is 0 Å². The van der Waals surface area contributed by atoms with Gasteiger partial charge in [-0.1, -0.05) is 13.3 Å². The standard InChI is InChI=1S/C10H14N2O2/c1-2-3-6-11-10(14)8-4-5-9(13)12-7-8/h4-5,7H,2-3,6H2,1H3,(H,11,14)(H,12,13). The Bertz CT molecular complexity index is 337. The summed E-state index contributed by atoms with van der Waals surface area (Å²) in [4.78, 5) is 24.6. The largest absolute Gasteiger partial charge is 0.352 e. The van der Waals surface area contributed by atoms with Crippen LogP contribution in [0.4, 0.5) is 0 Å². The number of aromatic nitrogens is 1. The first-order valence-corrected chi connectivity index (χ1v) is 4.71. The Morgan fingerprint density at radius 2 is 2.29 bits per heavy atom. The van der Waals surface area contributed by atoms with Crippen molar-refractivity contribution >= 4 is 5.91 Å². The maximum Gasteiger partial charge on any atom is 0.252 e. The van der Waals surface area contributed by atoms with Crippen molar-refractivity contribution in [2.24, 2.45) is 0 Å². The van der Waals surface area contributed by atoms with Crippen molar-refractivity contribution in [2.75, 3.05) is 6.54 Å². The molecule has 0 spiro atoms. The van der Waals surface area contributed by atoms with Crippen LogP contribution < -0.4 is 10.9 Å². The summed E-state index contributed by atoms with van der Waals surface area (Å²) >= 11 is 0. The highest BCUT2D eigenvalue weighted by molar-refractivity contribution is 5.93. The molecule has 1 heterocycles. The Kier molecular flexibility index (Phi) is 3.91. The molecule has 0 bridgehead atoms. The summed E-state index contributed by atoms with van der Waals surface area (Å²) in [7, 11) is 0. The van der Waals surface area contributed by atoms with Crippen LogP contribution in [0.3, 0.4) is 0 Å². The molecule has 14 heavy (non-hydrogen) atoms.